The van der Waals surface area contributed by atoms with Crippen molar-refractivity contribution in [1.82, 2.24) is 9.97 Å². The molecular weight excluding hydrogens is 378 g/mol. The van der Waals surface area contributed by atoms with Gasteiger partial charge in [0.05, 0.1) is 35.9 Å². The zero-order chi connectivity index (χ0) is 20.5. The molecule has 5 rings (SSSR count). The number of methoxy groups -OCH3 is 1. The Morgan fingerprint density at radius 1 is 0.967 bits per heavy atom. The monoisotopic (exact) mass is 397 g/mol. The maximum atomic E-state index is 12.0. The number of benzene rings is 3. The molecule has 1 aliphatic rings. The smallest absolute Gasteiger partial charge is 0.337 e. The maximum absolute atomic E-state index is 12.0. The van der Waals surface area contributed by atoms with Crippen molar-refractivity contribution in [3.8, 4) is 17.0 Å². The lowest BCUT2D eigenvalue weighted by Gasteiger charge is -2.31. The van der Waals surface area contributed by atoms with Crippen molar-refractivity contribution in [2.45, 2.75) is 0 Å². The van der Waals surface area contributed by atoms with Gasteiger partial charge in [-0.15, -0.1) is 0 Å². The molecule has 0 saturated carbocycles. The second-order valence-electron chi connectivity index (χ2n) is 6.92. The van der Waals surface area contributed by atoms with Crippen molar-refractivity contribution < 1.29 is 14.3 Å². The van der Waals surface area contributed by atoms with E-state index in [2.05, 4.69) is 4.90 Å². The number of rotatable bonds is 3. The third-order valence-corrected chi connectivity index (χ3v) is 5.10. The largest absolute Gasteiger partial charge is 0.490 e. The number of nitrogens with zero attached hydrogens (tertiary/aromatic N) is 3. The normalized spacial score (nSPS) is 12.9. The molecule has 6 heteroatoms. The Kier molecular flexibility index (Phi) is 4.52. The van der Waals surface area contributed by atoms with E-state index in [1.54, 1.807) is 18.2 Å². The van der Waals surface area contributed by atoms with Crippen LogP contribution in [0.3, 0.4) is 0 Å². The van der Waals surface area contributed by atoms with Gasteiger partial charge in [-0.25, -0.2) is 14.8 Å². The standard InChI is InChI=1S/C24H19N3O3/c1-29-24(28)17-11-12-18-19(15-17)26-23(22(25-18)16-7-3-2-4-8-16)27-13-14-30-21-10-6-5-9-20(21)27/h2-12,15H,13-14H2,1H3. The molecule has 0 N–H and O–H groups in total. The quantitative estimate of drug-likeness (QED) is 0.470. The van der Waals surface area contributed by atoms with Crippen LogP contribution in [0.4, 0.5) is 11.5 Å². The number of carbonyl (C=O) groups excluding carboxylic acids is 1. The Labute approximate surface area is 173 Å². The molecule has 0 aliphatic carbocycles. The number of aromatic nitrogens is 2. The molecule has 30 heavy (non-hydrogen) atoms. The van der Waals surface area contributed by atoms with E-state index in [-0.39, 0.29) is 0 Å². The lowest BCUT2D eigenvalue weighted by atomic mass is 10.1. The lowest BCUT2D eigenvalue weighted by molar-refractivity contribution is 0.0601. The highest BCUT2D eigenvalue weighted by Gasteiger charge is 2.24. The Hall–Kier alpha value is -3.93. The van der Waals surface area contributed by atoms with Gasteiger partial charge in [0.15, 0.2) is 5.82 Å². The predicted octanol–water partition coefficient (Wildman–Crippen LogP) is 4.61. The Morgan fingerprint density at radius 2 is 1.77 bits per heavy atom. The van der Waals surface area contributed by atoms with Crippen LogP contribution in [0, 0.1) is 0 Å². The fourth-order valence-corrected chi connectivity index (χ4v) is 3.66. The molecule has 0 unspecified atom stereocenters. The highest BCUT2D eigenvalue weighted by Crippen LogP contribution is 2.39. The summed E-state index contributed by atoms with van der Waals surface area (Å²) >= 11 is 0. The first-order chi connectivity index (χ1) is 14.7. The van der Waals surface area contributed by atoms with E-state index in [4.69, 9.17) is 19.4 Å². The highest BCUT2D eigenvalue weighted by atomic mass is 16.5. The third kappa shape index (κ3) is 3.12. The average molecular weight is 397 g/mol. The van der Waals surface area contributed by atoms with Crippen LogP contribution in [0.2, 0.25) is 0 Å². The minimum absolute atomic E-state index is 0.399. The first-order valence-corrected chi connectivity index (χ1v) is 9.69. The van der Waals surface area contributed by atoms with Gasteiger partial charge in [-0.2, -0.15) is 0 Å². The van der Waals surface area contributed by atoms with Crippen molar-refractivity contribution >= 4 is 28.5 Å². The molecule has 2 heterocycles. The van der Waals surface area contributed by atoms with Crippen LogP contribution in [0.25, 0.3) is 22.3 Å². The number of hydrogen-bond donors (Lipinski definition) is 0. The molecule has 0 saturated heterocycles. The summed E-state index contributed by atoms with van der Waals surface area (Å²) in [5, 5.41) is 0. The van der Waals surface area contributed by atoms with E-state index in [0.29, 0.717) is 29.7 Å². The molecule has 0 atom stereocenters. The zero-order valence-electron chi connectivity index (χ0n) is 16.4. The van der Waals surface area contributed by atoms with E-state index in [1.807, 2.05) is 54.6 Å². The lowest BCUT2D eigenvalue weighted by Crippen LogP contribution is -2.29. The summed E-state index contributed by atoms with van der Waals surface area (Å²) in [6.07, 6.45) is 0. The molecule has 0 spiro atoms. The Balaban J connectivity index is 1.75. The van der Waals surface area contributed by atoms with E-state index in [1.165, 1.54) is 7.11 Å². The molecule has 1 aromatic heterocycles. The molecular formula is C24H19N3O3. The summed E-state index contributed by atoms with van der Waals surface area (Å²) in [5.41, 5.74) is 4.50. The summed E-state index contributed by atoms with van der Waals surface area (Å²) in [6.45, 7) is 1.20. The number of anilines is 2. The summed E-state index contributed by atoms with van der Waals surface area (Å²) < 4.78 is 10.7. The van der Waals surface area contributed by atoms with Crippen LogP contribution < -0.4 is 9.64 Å². The van der Waals surface area contributed by atoms with Crippen molar-refractivity contribution in [3.05, 3.63) is 78.4 Å². The van der Waals surface area contributed by atoms with Gasteiger partial charge >= 0.3 is 5.97 Å². The molecule has 0 fully saturated rings. The topological polar surface area (TPSA) is 64.5 Å². The fraction of sp³-hybridized carbons (Fsp3) is 0.125. The van der Waals surface area contributed by atoms with Crippen LogP contribution in [-0.2, 0) is 4.74 Å². The summed E-state index contributed by atoms with van der Waals surface area (Å²) in [6, 6.07) is 23.1. The van der Waals surface area contributed by atoms with E-state index in [9.17, 15) is 4.79 Å². The predicted molar refractivity (Wildman–Crippen MR) is 115 cm³/mol. The number of para-hydroxylation sites is 2. The van der Waals surface area contributed by atoms with E-state index in [0.717, 1.165) is 28.5 Å². The molecule has 148 valence electrons. The summed E-state index contributed by atoms with van der Waals surface area (Å²) in [4.78, 5) is 24.0. The van der Waals surface area contributed by atoms with Crippen LogP contribution in [0.5, 0.6) is 5.75 Å². The Morgan fingerprint density at radius 3 is 2.60 bits per heavy atom. The minimum atomic E-state index is -0.399. The van der Waals surface area contributed by atoms with Gasteiger partial charge < -0.3 is 14.4 Å². The van der Waals surface area contributed by atoms with Gasteiger partial charge in [0.1, 0.15) is 18.1 Å². The molecule has 0 radical (unpaired) electrons. The summed E-state index contributed by atoms with van der Waals surface area (Å²) in [7, 11) is 1.37. The zero-order valence-corrected chi connectivity index (χ0v) is 16.4. The molecule has 1 aliphatic heterocycles. The van der Waals surface area contributed by atoms with E-state index >= 15 is 0 Å². The molecule has 4 aromatic rings. The second kappa shape index (κ2) is 7.48. The van der Waals surface area contributed by atoms with Crippen LogP contribution in [0.15, 0.2) is 72.8 Å². The molecule has 0 bridgehead atoms. The molecule has 0 amide bonds. The van der Waals surface area contributed by atoms with Crippen LogP contribution in [0.1, 0.15) is 10.4 Å². The maximum Gasteiger partial charge on any atom is 0.337 e. The van der Waals surface area contributed by atoms with Crippen molar-refractivity contribution in [3.63, 3.8) is 0 Å². The average Bonchev–Trinajstić information content (AvgIpc) is 2.82. The molecule has 6 nitrogen and oxygen atoms in total. The number of hydrogen-bond acceptors (Lipinski definition) is 6. The van der Waals surface area contributed by atoms with Crippen LogP contribution >= 0.6 is 0 Å². The SMILES string of the molecule is COC(=O)c1ccc2nc(-c3ccccc3)c(N3CCOc4ccccc43)nc2c1. The minimum Gasteiger partial charge on any atom is -0.490 e. The number of fused-ring (bicyclic) bond motifs is 2. The first-order valence-electron chi connectivity index (χ1n) is 9.69. The number of esters is 1. The van der Waals surface area contributed by atoms with Gasteiger partial charge in [-0.3, -0.25) is 0 Å². The van der Waals surface area contributed by atoms with Gasteiger partial charge in [0, 0.05) is 5.56 Å². The second-order valence-corrected chi connectivity index (χ2v) is 6.92. The third-order valence-electron chi connectivity index (χ3n) is 5.10. The summed E-state index contributed by atoms with van der Waals surface area (Å²) in [5.74, 6) is 1.14. The first kappa shape index (κ1) is 18.1. The number of carbonyl (C=O) groups is 1. The van der Waals surface area contributed by atoms with Crippen molar-refractivity contribution in [1.29, 1.82) is 0 Å². The highest BCUT2D eigenvalue weighted by molar-refractivity contribution is 5.95. The van der Waals surface area contributed by atoms with Gasteiger partial charge in [0.25, 0.3) is 0 Å². The molecule has 3 aromatic carbocycles. The van der Waals surface area contributed by atoms with Crippen molar-refractivity contribution in [2.24, 2.45) is 0 Å². The number of ether oxygens (including phenoxy) is 2. The van der Waals surface area contributed by atoms with Gasteiger partial charge in [-0.05, 0) is 30.3 Å². The van der Waals surface area contributed by atoms with Gasteiger partial charge in [0.2, 0.25) is 0 Å². The Bertz CT molecular complexity index is 1240. The van der Waals surface area contributed by atoms with Gasteiger partial charge in [-0.1, -0.05) is 42.5 Å². The fourth-order valence-electron chi connectivity index (χ4n) is 3.66. The van der Waals surface area contributed by atoms with Crippen LogP contribution in [-0.4, -0.2) is 36.2 Å². The van der Waals surface area contributed by atoms with Crippen molar-refractivity contribution in [2.75, 3.05) is 25.2 Å². The van der Waals surface area contributed by atoms with E-state index < -0.39 is 5.97 Å².